The number of rotatable bonds is 20. The normalized spacial score (nSPS) is 11.0. The predicted molar refractivity (Wildman–Crippen MR) is 174 cm³/mol. The van der Waals surface area contributed by atoms with Crippen molar-refractivity contribution in [3.05, 3.63) is 83.4 Å². The van der Waals surface area contributed by atoms with Gasteiger partial charge in [-0.2, -0.15) is 15.5 Å². The zero-order valence-corrected chi connectivity index (χ0v) is 26.0. The van der Waals surface area contributed by atoms with Crippen molar-refractivity contribution < 1.29 is 14.3 Å². The number of ether oxygens (including phenoxy) is 2. The summed E-state index contributed by atoms with van der Waals surface area (Å²) >= 11 is 0. The SMILES string of the molecule is CCCCCCCCCCCCCCCCOc1ccc(N=Nc2ccc(C(=O)Oc3ccc(C#N)cc3)cc2)c(C)c1. The van der Waals surface area contributed by atoms with E-state index in [2.05, 4.69) is 17.2 Å². The maximum Gasteiger partial charge on any atom is 0.343 e. The highest BCUT2D eigenvalue weighted by atomic mass is 16.5. The molecule has 0 atom stereocenters. The number of carbonyl (C=O) groups is 1. The van der Waals surface area contributed by atoms with Crippen LogP contribution in [0.4, 0.5) is 11.4 Å². The van der Waals surface area contributed by atoms with Gasteiger partial charge in [-0.1, -0.05) is 90.4 Å². The third kappa shape index (κ3) is 13.2. The van der Waals surface area contributed by atoms with Crippen molar-refractivity contribution in [1.82, 2.24) is 0 Å². The first-order chi connectivity index (χ1) is 21.1. The van der Waals surface area contributed by atoms with E-state index in [1.807, 2.05) is 31.2 Å². The Labute approximate surface area is 258 Å². The van der Waals surface area contributed by atoms with Gasteiger partial charge in [0.2, 0.25) is 0 Å². The number of nitrogens with zero attached hydrogens (tertiary/aromatic N) is 3. The fourth-order valence-corrected chi connectivity index (χ4v) is 4.86. The number of hydrogen-bond acceptors (Lipinski definition) is 6. The van der Waals surface area contributed by atoms with E-state index in [4.69, 9.17) is 14.7 Å². The Morgan fingerprint density at radius 2 is 1.26 bits per heavy atom. The van der Waals surface area contributed by atoms with Gasteiger partial charge in [0.05, 0.1) is 35.2 Å². The molecule has 3 aromatic rings. The third-order valence-electron chi connectivity index (χ3n) is 7.51. The van der Waals surface area contributed by atoms with Gasteiger partial charge in [0, 0.05) is 0 Å². The van der Waals surface area contributed by atoms with E-state index in [9.17, 15) is 4.79 Å². The Morgan fingerprint density at radius 1 is 0.698 bits per heavy atom. The summed E-state index contributed by atoms with van der Waals surface area (Å²) in [5.74, 6) is 0.764. The van der Waals surface area contributed by atoms with Crippen LogP contribution < -0.4 is 9.47 Å². The zero-order valence-electron chi connectivity index (χ0n) is 26.0. The first-order valence-electron chi connectivity index (χ1n) is 16.1. The molecule has 0 spiro atoms. The summed E-state index contributed by atoms with van der Waals surface area (Å²) in [7, 11) is 0. The van der Waals surface area contributed by atoms with E-state index in [1.54, 1.807) is 48.5 Å². The van der Waals surface area contributed by atoms with Crippen LogP contribution in [-0.4, -0.2) is 12.6 Å². The summed E-state index contributed by atoms with van der Waals surface area (Å²) in [6.45, 7) is 5.01. The highest BCUT2D eigenvalue weighted by Crippen LogP contribution is 2.26. The van der Waals surface area contributed by atoms with Crippen molar-refractivity contribution in [3.8, 4) is 17.6 Å². The largest absolute Gasteiger partial charge is 0.494 e. The van der Waals surface area contributed by atoms with Crippen molar-refractivity contribution >= 4 is 17.3 Å². The summed E-state index contributed by atoms with van der Waals surface area (Å²) in [5.41, 5.74) is 3.30. The zero-order chi connectivity index (χ0) is 30.5. The van der Waals surface area contributed by atoms with Gasteiger partial charge < -0.3 is 9.47 Å². The second kappa shape index (κ2) is 20.0. The minimum Gasteiger partial charge on any atom is -0.494 e. The van der Waals surface area contributed by atoms with Crippen LogP contribution in [0, 0.1) is 18.3 Å². The number of unbranched alkanes of at least 4 members (excludes halogenated alkanes) is 13. The van der Waals surface area contributed by atoms with Crippen LogP contribution in [-0.2, 0) is 0 Å². The molecule has 3 rings (SSSR count). The van der Waals surface area contributed by atoms with E-state index in [0.29, 0.717) is 22.6 Å². The second-order valence-corrected chi connectivity index (χ2v) is 11.2. The lowest BCUT2D eigenvalue weighted by Gasteiger charge is -2.08. The van der Waals surface area contributed by atoms with E-state index < -0.39 is 5.97 Å². The number of esters is 1. The highest BCUT2D eigenvalue weighted by Gasteiger charge is 2.09. The Bertz CT molecular complexity index is 1290. The van der Waals surface area contributed by atoms with Crippen LogP contribution >= 0.6 is 0 Å². The molecule has 0 aromatic heterocycles. The number of benzene rings is 3. The fraction of sp³-hybridized carbons (Fsp3) is 0.459. The first-order valence-corrected chi connectivity index (χ1v) is 16.1. The van der Waals surface area contributed by atoms with E-state index in [0.717, 1.165) is 30.0 Å². The molecule has 3 aromatic carbocycles. The predicted octanol–water partition coefficient (Wildman–Crippen LogP) is 11.4. The van der Waals surface area contributed by atoms with Gasteiger partial charge >= 0.3 is 5.97 Å². The molecule has 228 valence electrons. The van der Waals surface area contributed by atoms with Gasteiger partial charge in [-0.25, -0.2) is 4.79 Å². The molecular weight excluding hydrogens is 534 g/mol. The van der Waals surface area contributed by atoms with E-state index in [1.165, 1.54) is 83.5 Å². The van der Waals surface area contributed by atoms with Crippen molar-refractivity contribution in [2.75, 3.05) is 6.61 Å². The minimum absolute atomic E-state index is 0.384. The quantitative estimate of drug-likeness (QED) is 0.0575. The third-order valence-corrected chi connectivity index (χ3v) is 7.51. The molecule has 0 fully saturated rings. The highest BCUT2D eigenvalue weighted by molar-refractivity contribution is 5.91. The van der Waals surface area contributed by atoms with Gasteiger partial charge in [0.1, 0.15) is 11.5 Å². The van der Waals surface area contributed by atoms with Crippen molar-refractivity contribution in [1.29, 1.82) is 5.26 Å². The Kier molecular flexibility index (Phi) is 15.6. The smallest absolute Gasteiger partial charge is 0.343 e. The average Bonchev–Trinajstić information content (AvgIpc) is 3.03. The van der Waals surface area contributed by atoms with Gasteiger partial charge in [-0.3, -0.25) is 0 Å². The van der Waals surface area contributed by atoms with Crippen LogP contribution in [0.25, 0.3) is 0 Å². The topological polar surface area (TPSA) is 84.0 Å². The number of nitriles is 1. The molecule has 0 bridgehead atoms. The first kappa shape index (κ1) is 33.5. The van der Waals surface area contributed by atoms with Gasteiger partial charge in [-0.05, 0) is 85.6 Å². The molecule has 0 unspecified atom stereocenters. The summed E-state index contributed by atoms with van der Waals surface area (Å²) in [6.07, 6.45) is 18.9. The molecule has 0 heterocycles. The molecular formula is C37H47N3O3. The van der Waals surface area contributed by atoms with Crippen LogP contribution in [0.15, 0.2) is 77.0 Å². The number of aryl methyl sites for hydroxylation is 1. The summed E-state index contributed by atoms with van der Waals surface area (Å²) in [4.78, 5) is 12.4. The maximum absolute atomic E-state index is 12.4. The Balaban J connectivity index is 1.29. The standard InChI is InChI=1S/C37H47N3O3/c1-3-4-5-6-7-8-9-10-11-12-13-14-15-16-27-42-35-25-26-36(30(2)28-35)40-39-33-21-19-32(20-22-33)37(41)43-34-23-17-31(29-38)18-24-34/h17-26,28H,3-16,27H2,1-2H3. The maximum atomic E-state index is 12.4. The summed E-state index contributed by atoms with van der Waals surface area (Å²) in [6, 6.07) is 21.1. The number of azo groups is 1. The Morgan fingerprint density at radius 3 is 1.81 bits per heavy atom. The summed E-state index contributed by atoms with van der Waals surface area (Å²) < 4.78 is 11.3. The van der Waals surface area contributed by atoms with E-state index >= 15 is 0 Å². The number of hydrogen-bond donors (Lipinski definition) is 0. The lowest BCUT2D eigenvalue weighted by Crippen LogP contribution is -2.07. The van der Waals surface area contributed by atoms with Gasteiger partial charge in [0.15, 0.2) is 0 Å². The molecule has 6 heteroatoms. The van der Waals surface area contributed by atoms with E-state index in [-0.39, 0.29) is 0 Å². The molecule has 0 aliphatic rings. The second-order valence-electron chi connectivity index (χ2n) is 11.2. The molecule has 43 heavy (non-hydrogen) atoms. The monoisotopic (exact) mass is 581 g/mol. The van der Waals surface area contributed by atoms with Crippen molar-refractivity contribution in [2.24, 2.45) is 10.2 Å². The molecule has 0 aliphatic carbocycles. The molecule has 0 saturated heterocycles. The summed E-state index contributed by atoms with van der Waals surface area (Å²) in [5, 5.41) is 17.6. The Hall–Kier alpha value is -3.98. The van der Waals surface area contributed by atoms with Crippen LogP contribution in [0.5, 0.6) is 11.5 Å². The van der Waals surface area contributed by atoms with Crippen LogP contribution in [0.3, 0.4) is 0 Å². The fourth-order valence-electron chi connectivity index (χ4n) is 4.86. The van der Waals surface area contributed by atoms with Crippen LogP contribution in [0.1, 0.15) is 118 Å². The molecule has 6 nitrogen and oxygen atoms in total. The number of carbonyl (C=O) groups excluding carboxylic acids is 1. The van der Waals surface area contributed by atoms with Crippen molar-refractivity contribution in [3.63, 3.8) is 0 Å². The lowest BCUT2D eigenvalue weighted by atomic mass is 10.0. The van der Waals surface area contributed by atoms with Gasteiger partial charge in [0.25, 0.3) is 0 Å². The van der Waals surface area contributed by atoms with Crippen LogP contribution in [0.2, 0.25) is 0 Å². The molecule has 0 saturated carbocycles. The molecule has 0 radical (unpaired) electrons. The molecule has 0 amide bonds. The molecule has 0 aliphatic heterocycles. The average molecular weight is 582 g/mol. The molecule has 0 N–H and O–H groups in total. The lowest BCUT2D eigenvalue weighted by molar-refractivity contribution is 0.0734. The van der Waals surface area contributed by atoms with Crippen molar-refractivity contribution in [2.45, 2.75) is 104 Å². The van der Waals surface area contributed by atoms with Gasteiger partial charge in [-0.15, -0.1) is 0 Å². The minimum atomic E-state index is -0.478.